The highest BCUT2D eigenvalue weighted by molar-refractivity contribution is 6.15. The van der Waals surface area contributed by atoms with Gasteiger partial charge in [0, 0.05) is 0 Å². The van der Waals surface area contributed by atoms with E-state index in [1.54, 1.807) is 20.8 Å². The van der Waals surface area contributed by atoms with Crippen molar-refractivity contribution in [2.75, 3.05) is 32.2 Å². The van der Waals surface area contributed by atoms with Gasteiger partial charge in [0.15, 0.2) is 6.61 Å². The van der Waals surface area contributed by atoms with Crippen LogP contribution in [0.5, 0.6) is 0 Å². The molecule has 3 N–H and O–H groups in total. The van der Waals surface area contributed by atoms with Crippen molar-refractivity contribution in [2.45, 2.75) is 27.2 Å². The van der Waals surface area contributed by atoms with Crippen molar-refractivity contribution >= 4 is 29.5 Å². The van der Waals surface area contributed by atoms with Crippen LogP contribution in [0, 0.1) is 0 Å². The zero-order chi connectivity index (χ0) is 24.5. The molecule has 0 aromatic rings. The number of fused-ring (bicyclic) bond motifs is 1. The molecule has 178 valence electrons. The van der Waals surface area contributed by atoms with Gasteiger partial charge in [0.05, 0.1) is 43.1 Å². The second kappa shape index (κ2) is 11.8. The van der Waals surface area contributed by atoms with E-state index in [0.717, 1.165) is 0 Å². The average molecular weight is 462 g/mol. The third kappa shape index (κ3) is 6.18. The number of carbonyl (C=O) groups excluding carboxylic acids is 4. The van der Waals surface area contributed by atoms with Crippen molar-refractivity contribution in [3.05, 3.63) is 41.0 Å². The molecule has 0 heterocycles. The molecule has 2 aliphatic rings. The van der Waals surface area contributed by atoms with Crippen molar-refractivity contribution in [2.24, 2.45) is 0 Å². The highest BCUT2D eigenvalue weighted by Gasteiger charge is 2.30. The molecule has 0 saturated carbocycles. The highest BCUT2D eigenvalue weighted by Crippen LogP contribution is 2.39. The average Bonchev–Trinajstić information content (AvgIpc) is 2.90. The molecule has 0 atom stereocenters. The molecule has 0 saturated heterocycles. The number of amides is 1. The predicted octanol–water partition coefficient (Wildman–Crippen LogP) is 1.98. The summed E-state index contributed by atoms with van der Waals surface area (Å²) in [4.78, 5) is 53.2. The molecule has 0 radical (unpaired) electrons. The lowest BCUT2D eigenvalue weighted by molar-refractivity contribution is -0.313. The largest absolute Gasteiger partial charge is 0.464 e. The Morgan fingerprint density at radius 3 is 1.79 bits per heavy atom. The zero-order valence-electron chi connectivity index (χ0n) is 18.6. The number of rotatable bonds is 10. The first-order valence-corrected chi connectivity index (χ1v) is 10.2. The fraction of sp³-hybridized carbons (Fsp3) is 0.364. The lowest BCUT2D eigenvalue weighted by Gasteiger charge is -2.13. The number of ether oxygens (including phenoxy) is 3. The Morgan fingerprint density at radius 2 is 1.33 bits per heavy atom. The van der Waals surface area contributed by atoms with E-state index >= 15 is 0 Å². The van der Waals surface area contributed by atoms with Crippen molar-refractivity contribution in [1.29, 1.82) is 0 Å². The van der Waals surface area contributed by atoms with Crippen LogP contribution in [0.15, 0.2) is 24.3 Å². The second-order valence-electron chi connectivity index (χ2n) is 6.60. The van der Waals surface area contributed by atoms with Crippen LogP contribution in [0.3, 0.4) is 0 Å². The summed E-state index contributed by atoms with van der Waals surface area (Å²) in [5, 5.41) is 9.67. The fourth-order valence-corrected chi connectivity index (χ4v) is 3.06. The van der Waals surface area contributed by atoms with Gasteiger partial charge in [0.2, 0.25) is 0 Å². The summed E-state index contributed by atoms with van der Waals surface area (Å²) < 4.78 is 14.8. The van der Waals surface area contributed by atoms with E-state index in [2.05, 4.69) is 9.57 Å². The van der Waals surface area contributed by atoms with Crippen molar-refractivity contribution in [3.63, 3.8) is 0 Å². The van der Waals surface area contributed by atoms with Crippen molar-refractivity contribution in [3.8, 4) is 11.1 Å². The maximum Gasteiger partial charge on any atom is 0.340 e. The Kier molecular flexibility index (Phi) is 9.13. The quantitative estimate of drug-likeness (QED) is 0.232. The minimum absolute atomic E-state index is 0.0185. The number of carbonyl (C=O) groups is 4. The maximum atomic E-state index is 12.5. The first-order valence-electron chi connectivity index (χ1n) is 10.2. The molecule has 0 aromatic heterocycles. The van der Waals surface area contributed by atoms with Gasteiger partial charge in [0.1, 0.15) is 0 Å². The Labute approximate surface area is 190 Å². The smallest absolute Gasteiger partial charge is 0.340 e. The first-order chi connectivity index (χ1) is 15.7. The number of anilines is 1. The molecule has 0 unspecified atom stereocenters. The van der Waals surface area contributed by atoms with Crippen LogP contribution in [-0.4, -0.2) is 60.7 Å². The SMILES string of the molecule is CCOC(=O)CON(O)C(=O)Cc1ccc2c(C(=O)OCC)c(N)c(C(=O)OCC)c-2cc1. The predicted molar refractivity (Wildman–Crippen MR) is 114 cm³/mol. The van der Waals surface area contributed by atoms with Gasteiger partial charge < -0.3 is 19.9 Å². The number of hydrogen-bond donors (Lipinski definition) is 2. The molecule has 11 nitrogen and oxygen atoms in total. The number of nitrogen functional groups attached to an aromatic ring is 1. The van der Waals surface area contributed by atoms with Gasteiger partial charge in [-0.25, -0.2) is 19.2 Å². The van der Waals surface area contributed by atoms with E-state index in [9.17, 15) is 24.4 Å². The molecule has 1 amide bonds. The Hall–Kier alpha value is -3.70. The summed E-state index contributed by atoms with van der Waals surface area (Å²) in [6.45, 7) is 4.59. The minimum atomic E-state index is -0.860. The molecular formula is C22H26N2O9. The number of nitrogens with two attached hydrogens (primary N) is 1. The molecular weight excluding hydrogens is 436 g/mol. The van der Waals surface area contributed by atoms with Gasteiger partial charge in [-0.1, -0.05) is 29.5 Å². The Bertz CT molecular complexity index is 950. The minimum Gasteiger partial charge on any atom is -0.464 e. The van der Waals surface area contributed by atoms with Gasteiger partial charge in [0.25, 0.3) is 5.91 Å². The molecule has 0 bridgehead atoms. The van der Waals surface area contributed by atoms with Crippen LogP contribution < -0.4 is 5.73 Å². The fourth-order valence-electron chi connectivity index (χ4n) is 3.06. The molecule has 33 heavy (non-hydrogen) atoms. The lowest BCUT2D eigenvalue weighted by atomic mass is 10.1. The van der Waals surface area contributed by atoms with Gasteiger partial charge >= 0.3 is 17.9 Å². The van der Waals surface area contributed by atoms with E-state index in [1.807, 2.05) is 0 Å². The molecule has 0 fully saturated rings. The molecule has 2 aliphatic carbocycles. The van der Waals surface area contributed by atoms with Crippen molar-refractivity contribution in [1.82, 2.24) is 5.23 Å². The Morgan fingerprint density at radius 1 is 0.848 bits per heavy atom. The monoisotopic (exact) mass is 462 g/mol. The summed E-state index contributed by atoms with van der Waals surface area (Å²) in [6.07, 6.45) is -0.310. The second-order valence-corrected chi connectivity index (χ2v) is 6.60. The topological polar surface area (TPSA) is 155 Å². The Balaban J connectivity index is 2.36. The van der Waals surface area contributed by atoms with Crippen LogP contribution in [0.4, 0.5) is 5.69 Å². The van der Waals surface area contributed by atoms with Gasteiger partial charge in [-0.15, -0.1) is 0 Å². The molecule has 0 aliphatic heterocycles. The van der Waals surface area contributed by atoms with Crippen LogP contribution in [-0.2, 0) is 35.1 Å². The summed E-state index contributed by atoms with van der Waals surface area (Å²) >= 11 is 0. The van der Waals surface area contributed by atoms with E-state index in [4.69, 9.17) is 15.2 Å². The summed E-state index contributed by atoms with van der Waals surface area (Å²) in [5.41, 5.74) is 7.18. The maximum absolute atomic E-state index is 12.5. The first kappa shape index (κ1) is 25.6. The number of hydrogen-bond acceptors (Lipinski definition) is 10. The van der Waals surface area contributed by atoms with Gasteiger partial charge in [-0.3, -0.25) is 10.0 Å². The van der Waals surface area contributed by atoms with E-state index in [-0.39, 0.29) is 48.3 Å². The van der Waals surface area contributed by atoms with Crippen LogP contribution in [0.1, 0.15) is 47.1 Å². The summed E-state index contributed by atoms with van der Waals surface area (Å²) in [6, 6.07) is 6.09. The normalized spacial score (nSPS) is 10.5. The van der Waals surface area contributed by atoms with Crippen LogP contribution in [0.2, 0.25) is 0 Å². The third-order valence-corrected chi connectivity index (χ3v) is 4.43. The van der Waals surface area contributed by atoms with Crippen LogP contribution >= 0.6 is 0 Å². The number of nitrogens with zero attached hydrogens (tertiary/aromatic N) is 1. The third-order valence-electron chi connectivity index (χ3n) is 4.43. The van der Waals surface area contributed by atoms with Gasteiger partial charge in [-0.2, -0.15) is 0 Å². The van der Waals surface area contributed by atoms with Gasteiger partial charge in [-0.05, 0) is 37.5 Å². The van der Waals surface area contributed by atoms with Crippen molar-refractivity contribution < 1.29 is 43.4 Å². The summed E-state index contributed by atoms with van der Waals surface area (Å²) in [5.74, 6) is -3.01. The number of esters is 3. The van der Waals surface area contributed by atoms with Crippen LogP contribution in [0.25, 0.3) is 11.1 Å². The molecule has 2 rings (SSSR count). The number of hydroxylamine groups is 2. The molecule has 11 heteroatoms. The van der Waals surface area contributed by atoms with E-state index < -0.39 is 30.4 Å². The lowest BCUT2D eigenvalue weighted by Crippen LogP contribution is -2.31. The van der Waals surface area contributed by atoms with E-state index in [1.165, 1.54) is 24.3 Å². The molecule has 0 spiro atoms. The summed E-state index contributed by atoms with van der Waals surface area (Å²) in [7, 11) is 0. The standard InChI is InChI=1S/C22H26N2O9/c1-4-30-17(26)12-33-24(29)16(25)11-13-7-9-14-15(10-8-13)19(22(28)32-6-3)20(23)18(14)21(27)31-5-2/h7-10,29H,4-6,11-12,23H2,1-3H3. The zero-order valence-corrected chi connectivity index (χ0v) is 18.6. The van der Waals surface area contributed by atoms with E-state index in [0.29, 0.717) is 16.7 Å². The molecule has 0 aromatic carbocycles. The highest BCUT2D eigenvalue weighted by atomic mass is 16.9.